The van der Waals surface area contributed by atoms with Gasteiger partial charge in [0.2, 0.25) is 0 Å². The number of hydrogen-bond donors (Lipinski definition) is 0. The zero-order valence-corrected chi connectivity index (χ0v) is 17.2. The van der Waals surface area contributed by atoms with E-state index in [1.807, 2.05) is 6.07 Å². The van der Waals surface area contributed by atoms with Gasteiger partial charge in [0.05, 0.1) is 23.7 Å². The van der Waals surface area contributed by atoms with Gasteiger partial charge >= 0.3 is 6.18 Å². The van der Waals surface area contributed by atoms with Gasteiger partial charge in [-0.3, -0.25) is 14.6 Å². The van der Waals surface area contributed by atoms with Gasteiger partial charge in [-0.1, -0.05) is 30.7 Å². The van der Waals surface area contributed by atoms with Crippen LogP contribution in [0.3, 0.4) is 0 Å². The molecule has 164 valence electrons. The SMILES string of the molecule is N#Cc1ccc(C2=NC3(CCCCC3)N(CC(=O)c3cccc(C(F)(F)F)c3)C2=O)cc1. The minimum Gasteiger partial charge on any atom is -0.305 e. The standard InChI is InChI=1S/C24H20F3N3O2/c25-24(26,27)19-6-4-5-18(13-19)20(31)15-30-22(32)21(17-9-7-16(14-28)8-10-17)29-23(30)11-2-1-3-12-23/h4-10,13H,1-3,11-12,15H2. The lowest BCUT2D eigenvalue weighted by atomic mass is 9.88. The zero-order chi connectivity index (χ0) is 22.9. The molecule has 4 rings (SSSR count). The molecule has 1 aliphatic carbocycles. The van der Waals surface area contributed by atoms with Crippen molar-refractivity contribution in [3.8, 4) is 6.07 Å². The number of aliphatic imine (C=N–C) groups is 1. The fourth-order valence-electron chi connectivity index (χ4n) is 4.35. The summed E-state index contributed by atoms with van der Waals surface area (Å²) in [6, 6.07) is 12.7. The van der Waals surface area contributed by atoms with Crippen molar-refractivity contribution in [2.24, 2.45) is 4.99 Å². The van der Waals surface area contributed by atoms with Crippen LogP contribution in [0.4, 0.5) is 13.2 Å². The highest BCUT2D eigenvalue weighted by Crippen LogP contribution is 2.40. The lowest BCUT2D eigenvalue weighted by molar-refractivity contribution is -0.137. The first kappa shape index (κ1) is 21.8. The number of carbonyl (C=O) groups is 2. The molecule has 1 saturated carbocycles. The van der Waals surface area contributed by atoms with Crippen molar-refractivity contribution < 1.29 is 22.8 Å². The fraction of sp³-hybridized carbons (Fsp3) is 0.333. The first-order chi connectivity index (χ1) is 15.2. The van der Waals surface area contributed by atoms with Crippen LogP contribution >= 0.6 is 0 Å². The van der Waals surface area contributed by atoms with Crippen LogP contribution in [-0.2, 0) is 11.0 Å². The van der Waals surface area contributed by atoms with Gasteiger partial charge in [-0.15, -0.1) is 0 Å². The molecular weight excluding hydrogens is 419 g/mol. The normalized spacial score (nSPS) is 17.9. The molecular formula is C24H20F3N3O2. The van der Waals surface area contributed by atoms with Crippen molar-refractivity contribution in [1.82, 2.24) is 4.90 Å². The van der Waals surface area contributed by atoms with E-state index in [2.05, 4.69) is 0 Å². The Labute approximate surface area is 183 Å². The predicted molar refractivity (Wildman–Crippen MR) is 111 cm³/mol. The van der Waals surface area contributed by atoms with Crippen molar-refractivity contribution in [3.63, 3.8) is 0 Å². The molecule has 2 aromatic carbocycles. The van der Waals surface area contributed by atoms with Crippen molar-refractivity contribution in [1.29, 1.82) is 5.26 Å². The average molecular weight is 439 g/mol. The Balaban J connectivity index is 1.65. The number of nitrogens with zero attached hydrogens (tertiary/aromatic N) is 3. The molecule has 2 aromatic rings. The number of Topliss-reactive ketones (excluding diaryl/α,β-unsaturated/α-hetero) is 1. The van der Waals surface area contributed by atoms with Gasteiger partial charge < -0.3 is 4.90 Å². The smallest absolute Gasteiger partial charge is 0.305 e. The van der Waals surface area contributed by atoms with E-state index in [4.69, 9.17) is 10.3 Å². The van der Waals surface area contributed by atoms with Gasteiger partial charge in [0.1, 0.15) is 11.4 Å². The summed E-state index contributed by atoms with van der Waals surface area (Å²) in [5.74, 6) is -0.984. The Hall–Kier alpha value is -3.47. The summed E-state index contributed by atoms with van der Waals surface area (Å²) in [6.45, 7) is -0.344. The molecule has 0 bridgehead atoms. The number of hydrogen-bond acceptors (Lipinski definition) is 4. The number of alkyl halides is 3. The summed E-state index contributed by atoms with van der Waals surface area (Å²) >= 11 is 0. The lowest BCUT2D eigenvalue weighted by Gasteiger charge is -2.38. The van der Waals surface area contributed by atoms with Crippen molar-refractivity contribution in [2.45, 2.75) is 43.9 Å². The van der Waals surface area contributed by atoms with Gasteiger partial charge in [0.25, 0.3) is 5.91 Å². The molecule has 8 heteroatoms. The van der Waals surface area contributed by atoms with Crippen LogP contribution in [0.15, 0.2) is 53.5 Å². The molecule has 0 saturated heterocycles. The van der Waals surface area contributed by atoms with E-state index in [-0.39, 0.29) is 17.8 Å². The fourth-order valence-corrected chi connectivity index (χ4v) is 4.35. The summed E-state index contributed by atoms with van der Waals surface area (Å²) in [7, 11) is 0. The van der Waals surface area contributed by atoms with Gasteiger partial charge in [0, 0.05) is 11.1 Å². The second kappa shape index (κ2) is 8.23. The van der Waals surface area contributed by atoms with E-state index in [0.29, 0.717) is 24.0 Å². The molecule has 2 aliphatic rings. The summed E-state index contributed by atoms with van der Waals surface area (Å²) in [4.78, 5) is 32.4. The number of amides is 1. The molecule has 1 amide bonds. The molecule has 0 N–H and O–H groups in total. The molecule has 1 heterocycles. The van der Waals surface area contributed by atoms with Crippen molar-refractivity contribution in [3.05, 3.63) is 70.8 Å². The number of halogens is 3. The third-order valence-electron chi connectivity index (χ3n) is 6.03. The Morgan fingerprint density at radius 2 is 1.78 bits per heavy atom. The Kier molecular flexibility index (Phi) is 5.59. The Bertz CT molecular complexity index is 1120. The van der Waals surface area contributed by atoms with E-state index in [1.165, 1.54) is 17.0 Å². The summed E-state index contributed by atoms with van der Waals surface area (Å²) in [5.41, 5.74) is -0.649. The topological polar surface area (TPSA) is 73.5 Å². The van der Waals surface area contributed by atoms with Crippen LogP contribution in [-0.4, -0.2) is 34.5 Å². The maximum absolute atomic E-state index is 13.3. The van der Waals surface area contributed by atoms with Crippen LogP contribution in [0.5, 0.6) is 0 Å². The number of nitriles is 1. The minimum atomic E-state index is -4.56. The molecule has 0 atom stereocenters. The molecule has 32 heavy (non-hydrogen) atoms. The van der Waals surface area contributed by atoms with E-state index in [9.17, 15) is 22.8 Å². The molecule has 0 radical (unpaired) electrons. The van der Waals surface area contributed by atoms with Crippen LogP contribution in [0.2, 0.25) is 0 Å². The summed E-state index contributed by atoms with van der Waals surface area (Å²) in [6.07, 6.45) is -0.705. The van der Waals surface area contributed by atoms with E-state index < -0.39 is 29.1 Å². The molecule has 1 spiro atoms. The zero-order valence-electron chi connectivity index (χ0n) is 17.2. The quantitative estimate of drug-likeness (QED) is 0.646. The van der Waals surface area contributed by atoms with Gasteiger partial charge in [-0.05, 0) is 49.9 Å². The average Bonchev–Trinajstić information content (AvgIpc) is 3.05. The first-order valence-corrected chi connectivity index (χ1v) is 10.4. The van der Waals surface area contributed by atoms with E-state index >= 15 is 0 Å². The summed E-state index contributed by atoms with van der Waals surface area (Å²) < 4.78 is 39.2. The van der Waals surface area contributed by atoms with Gasteiger partial charge in [0.15, 0.2) is 5.78 Å². The highest BCUT2D eigenvalue weighted by molar-refractivity contribution is 6.47. The molecule has 0 aromatic heterocycles. The monoisotopic (exact) mass is 439 g/mol. The van der Waals surface area contributed by atoms with Crippen LogP contribution < -0.4 is 0 Å². The third-order valence-corrected chi connectivity index (χ3v) is 6.03. The largest absolute Gasteiger partial charge is 0.416 e. The Morgan fingerprint density at radius 3 is 2.41 bits per heavy atom. The molecule has 5 nitrogen and oxygen atoms in total. The van der Waals surface area contributed by atoms with Gasteiger partial charge in [-0.25, -0.2) is 0 Å². The number of rotatable bonds is 4. The summed E-state index contributed by atoms with van der Waals surface area (Å²) in [5, 5.41) is 9.00. The highest BCUT2D eigenvalue weighted by Gasteiger charge is 2.48. The van der Waals surface area contributed by atoms with Crippen molar-refractivity contribution in [2.75, 3.05) is 6.54 Å². The van der Waals surface area contributed by atoms with E-state index in [1.54, 1.807) is 24.3 Å². The lowest BCUT2D eigenvalue weighted by Crippen LogP contribution is -2.50. The number of carbonyl (C=O) groups excluding carboxylic acids is 2. The second-order valence-corrected chi connectivity index (χ2v) is 8.09. The number of ketones is 1. The second-order valence-electron chi connectivity index (χ2n) is 8.09. The maximum atomic E-state index is 13.3. The van der Waals surface area contributed by atoms with E-state index in [0.717, 1.165) is 31.4 Å². The van der Waals surface area contributed by atoms with Crippen molar-refractivity contribution >= 4 is 17.4 Å². The first-order valence-electron chi connectivity index (χ1n) is 10.4. The number of benzene rings is 2. The maximum Gasteiger partial charge on any atom is 0.416 e. The van der Waals surface area contributed by atoms with Gasteiger partial charge in [-0.2, -0.15) is 18.4 Å². The van der Waals surface area contributed by atoms with Crippen LogP contribution in [0, 0.1) is 11.3 Å². The van der Waals surface area contributed by atoms with Crippen LogP contribution in [0.1, 0.15) is 59.2 Å². The van der Waals surface area contributed by atoms with Crippen LogP contribution in [0.25, 0.3) is 0 Å². The third kappa shape index (κ3) is 4.03. The predicted octanol–water partition coefficient (Wildman–Crippen LogP) is 4.75. The highest BCUT2D eigenvalue weighted by atomic mass is 19.4. The molecule has 0 unspecified atom stereocenters. The minimum absolute atomic E-state index is 0.0922. The molecule has 1 aliphatic heterocycles. The Morgan fingerprint density at radius 1 is 1.09 bits per heavy atom. The molecule has 1 fully saturated rings.